The Balaban J connectivity index is 1.78. The van der Waals surface area contributed by atoms with Gasteiger partial charge in [-0.15, -0.1) is 0 Å². The van der Waals surface area contributed by atoms with Crippen molar-refractivity contribution in [3.8, 4) is 0 Å². The van der Waals surface area contributed by atoms with Gasteiger partial charge < -0.3 is 4.74 Å². The molecule has 0 heterocycles. The number of carbonyl (C=O) groups excluding carboxylic acids is 2. The van der Waals surface area contributed by atoms with Crippen molar-refractivity contribution in [1.29, 1.82) is 0 Å². The van der Waals surface area contributed by atoms with Crippen LogP contribution in [0.3, 0.4) is 0 Å². The molecule has 108 valence electrons. The van der Waals surface area contributed by atoms with Crippen molar-refractivity contribution in [2.45, 2.75) is 19.4 Å². The van der Waals surface area contributed by atoms with Gasteiger partial charge >= 0.3 is 5.97 Å². The SMILES string of the molecule is O=C(CC(=O)OCc1ccccc1)Cc1cccc(Cl)c1. The number of halogens is 1. The van der Waals surface area contributed by atoms with Gasteiger partial charge in [0.1, 0.15) is 18.8 Å². The average Bonchev–Trinajstić information content (AvgIpc) is 2.46. The zero-order valence-electron chi connectivity index (χ0n) is 11.4. The summed E-state index contributed by atoms with van der Waals surface area (Å²) < 4.78 is 5.07. The molecule has 2 rings (SSSR count). The van der Waals surface area contributed by atoms with Crippen LogP contribution in [0.4, 0.5) is 0 Å². The molecule has 0 aliphatic rings. The number of ketones is 1. The lowest BCUT2D eigenvalue weighted by Gasteiger charge is -2.05. The van der Waals surface area contributed by atoms with E-state index in [2.05, 4.69) is 0 Å². The number of hydrogen-bond donors (Lipinski definition) is 0. The molecule has 0 spiro atoms. The highest BCUT2D eigenvalue weighted by Gasteiger charge is 2.12. The van der Waals surface area contributed by atoms with E-state index in [1.807, 2.05) is 30.3 Å². The van der Waals surface area contributed by atoms with Crippen LogP contribution in [0.5, 0.6) is 0 Å². The summed E-state index contributed by atoms with van der Waals surface area (Å²) >= 11 is 5.85. The first-order valence-electron chi connectivity index (χ1n) is 6.59. The molecule has 0 aromatic heterocycles. The highest BCUT2D eigenvalue weighted by molar-refractivity contribution is 6.30. The van der Waals surface area contributed by atoms with Gasteiger partial charge in [0, 0.05) is 11.4 Å². The van der Waals surface area contributed by atoms with E-state index in [9.17, 15) is 9.59 Å². The van der Waals surface area contributed by atoms with E-state index in [4.69, 9.17) is 16.3 Å². The molecule has 2 aromatic rings. The summed E-state index contributed by atoms with van der Waals surface area (Å²) in [6.45, 7) is 0.185. The second kappa shape index (κ2) is 7.60. The Morgan fingerprint density at radius 2 is 1.67 bits per heavy atom. The zero-order chi connectivity index (χ0) is 15.1. The molecule has 2 aromatic carbocycles. The quantitative estimate of drug-likeness (QED) is 0.605. The third kappa shape index (κ3) is 5.40. The van der Waals surface area contributed by atoms with Crippen LogP contribution in [-0.4, -0.2) is 11.8 Å². The molecule has 0 bridgehead atoms. The predicted molar refractivity (Wildman–Crippen MR) is 81.0 cm³/mol. The summed E-state index contributed by atoms with van der Waals surface area (Å²) in [5, 5.41) is 0.576. The summed E-state index contributed by atoms with van der Waals surface area (Å²) in [5.41, 5.74) is 1.69. The maximum atomic E-state index is 11.8. The summed E-state index contributed by atoms with van der Waals surface area (Å²) in [7, 11) is 0. The predicted octanol–water partition coefficient (Wildman–Crippen LogP) is 3.59. The van der Waals surface area contributed by atoms with E-state index in [0.29, 0.717) is 5.02 Å². The largest absolute Gasteiger partial charge is 0.460 e. The van der Waals surface area contributed by atoms with E-state index in [-0.39, 0.29) is 25.2 Å². The smallest absolute Gasteiger partial charge is 0.313 e. The van der Waals surface area contributed by atoms with Crippen LogP contribution in [0.2, 0.25) is 5.02 Å². The molecular weight excluding hydrogens is 288 g/mol. The van der Waals surface area contributed by atoms with E-state index < -0.39 is 5.97 Å². The normalized spacial score (nSPS) is 10.1. The van der Waals surface area contributed by atoms with Gasteiger partial charge in [-0.1, -0.05) is 54.1 Å². The lowest BCUT2D eigenvalue weighted by molar-refractivity contribution is -0.147. The molecule has 0 unspecified atom stereocenters. The topological polar surface area (TPSA) is 43.4 Å². The van der Waals surface area contributed by atoms with Crippen molar-refractivity contribution in [2.75, 3.05) is 0 Å². The summed E-state index contributed by atoms with van der Waals surface area (Å²) in [5.74, 6) is -0.693. The Bertz CT molecular complexity index is 623. The van der Waals surface area contributed by atoms with Crippen LogP contribution in [-0.2, 0) is 27.4 Å². The molecule has 0 saturated carbocycles. The van der Waals surface area contributed by atoms with Crippen LogP contribution in [0.15, 0.2) is 54.6 Å². The van der Waals surface area contributed by atoms with Gasteiger partial charge in [0.2, 0.25) is 0 Å². The minimum Gasteiger partial charge on any atom is -0.460 e. The van der Waals surface area contributed by atoms with Crippen LogP contribution in [0, 0.1) is 0 Å². The number of rotatable bonds is 6. The van der Waals surface area contributed by atoms with Gasteiger partial charge in [-0.05, 0) is 23.3 Å². The van der Waals surface area contributed by atoms with Crippen molar-refractivity contribution in [3.63, 3.8) is 0 Å². The van der Waals surface area contributed by atoms with Crippen molar-refractivity contribution >= 4 is 23.4 Å². The van der Waals surface area contributed by atoms with Crippen molar-refractivity contribution in [1.82, 2.24) is 0 Å². The van der Waals surface area contributed by atoms with Gasteiger partial charge in [-0.2, -0.15) is 0 Å². The lowest BCUT2D eigenvalue weighted by Crippen LogP contribution is -2.13. The third-order valence-corrected chi connectivity index (χ3v) is 3.11. The molecule has 21 heavy (non-hydrogen) atoms. The number of ether oxygens (including phenoxy) is 1. The molecule has 3 nitrogen and oxygen atoms in total. The highest BCUT2D eigenvalue weighted by Crippen LogP contribution is 2.12. The lowest BCUT2D eigenvalue weighted by atomic mass is 10.1. The first kappa shape index (κ1) is 15.3. The molecule has 4 heteroatoms. The van der Waals surface area contributed by atoms with Gasteiger partial charge in [-0.3, -0.25) is 9.59 Å². The van der Waals surface area contributed by atoms with Crippen molar-refractivity contribution in [3.05, 3.63) is 70.7 Å². The molecule has 0 radical (unpaired) electrons. The van der Waals surface area contributed by atoms with Gasteiger partial charge in [0.25, 0.3) is 0 Å². The van der Waals surface area contributed by atoms with E-state index >= 15 is 0 Å². The molecule has 0 aliphatic carbocycles. The van der Waals surface area contributed by atoms with Gasteiger partial charge in [0.05, 0.1) is 0 Å². The maximum absolute atomic E-state index is 11.8. The Hall–Kier alpha value is -2.13. The van der Waals surface area contributed by atoms with E-state index in [0.717, 1.165) is 11.1 Å². The Labute approximate surface area is 128 Å². The fourth-order valence-corrected chi connectivity index (χ4v) is 2.10. The summed E-state index contributed by atoms with van der Waals surface area (Å²) in [6.07, 6.45) is -0.0413. The summed E-state index contributed by atoms with van der Waals surface area (Å²) in [6, 6.07) is 16.4. The number of carbonyl (C=O) groups is 2. The minimum absolute atomic E-state index is 0.182. The molecule has 0 N–H and O–H groups in total. The van der Waals surface area contributed by atoms with Crippen LogP contribution in [0.25, 0.3) is 0 Å². The van der Waals surface area contributed by atoms with E-state index in [1.165, 1.54) is 0 Å². The number of esters is 1. The first-order valence-corrected chi connectivity index (χ1v) is 6.97. The molecule has 0 amide bonds. The van der Waals surface area contributed by atoms with Crippen molar-refractivity contribution < 1.29 is 14.3 Å². The fourth-order valence-electron chi connectivity index (χ4n) is 1.89. The Kier molecular flexibility index (Phi) is 5.52. The highest BCUT2D eigenvalue weighted by atomic mass is 35.5. The van der Waals surface area contributed by atoms with Crippen molar-refractivity contribution in [2.24, 2.45) is 0 Å². The average molecular weight is 303 g/mol. The fraction of sp³-hybridized carbons (Fsp3) is 0.176. The Morgan fingerprint density at radius 1 is 0.952 bits per heavy atom. The molecule has 0 saturated heterocycles. The Morgan fingerprint density at radius 3 is 2.38 bits per heavy atom. The second-order valence-electron chi connectivity index (χ2n) is 4.67. The van der Waals surface area contributed by atoms with Crippen LogP contribution in [0.1, 0.15) is 17.5 Å². The number of Topliss-reactive ketones (excluding diaryl/α,β-unsaturated/α-hetero) is 1. The van der Waals surface area contributed by atoms with Crippen LogP contribution < -0.4 is 0 Å². The summed E-state index contributed by atoms with van der Waals surface area (Å²) in [4.78, 5) is 23.4. The van der Waals surface area contributed by atoms with E-state index in [1.54, 1.807) is 24.3 Å². The number of benzene rings is 2. The molecule has 0 fully saturated rings. The molecule has 0 atom stereocenters. The molecular formula is C17H15ClO3. The minimum atomic E-state index is -0.508. The zero-order valence-corrected chi connectivity index (χ0v) is 12.2. The number of hydrogen-bond acceptors (Lipinski definition) is 3. The third-order valence-electron chi connectivity index (χ3n) is 2.87. The first-order chi connectivity index (χ1) is 10.1. The van der Waals surface area contributed by atoms with Gasteiger partial charge in [0.15, 0.2) is 0 Å². The van der Waals surface area contributed by atoms with Crippen LogP contribution >= 0.6 is 11.6 Å². The second-order valence-corrected chi connectivity index (χ2v) is 5.10. The van der Waals surface area contributed by atoms with Gasteiger partial charge in [-0.25, -0.2) is 0 Å². The maximum Gasteiger partial charge on any atom is 0.313 e. The molecule has 0 aliphatic heterocycles. The monoisotopic (exact) mass is 302 g/mol. The standard InChI is InChI=1S/C17H15ClO3/c18-15-8-4-7-14(9-15)10-16(19)11-17(20)21-12-13-5-2-1-3-6-13/h1-9H,10-12H2.